The number of hydrogen-bond acceptors (Lipinski definition) is 5. The number of phenols is 1. The fraction of sp³-hybridized carbons (Fsp3) is 0.484. The molecule has 6 heteroatoms. The molecule has 2 N–H and O–H groups in total. The fourth-order valence-electron chi connectivity index (χ4n) is 3.82. The normalized spacial score (nSPS) is 12.5. The molecule has 0 heterocycles. The standard InChI is InChI=1S/C31H43NO5/c1-10-36-28(35)31(8,9)37-23-14-11-21(12-15-23)17-18-32-26(33)16-13-22-19-24(29(2,3)4)27(34)25(20-22)30(5,6)7/h11-16,19-20,34H,10,17-18H2,1-9H3,(H,32,33)/b16-13+. The number of rotatable bonds is 9. The van der Waals surface area contributed by atoms with Crippen LogP contribution in [0.2, 0.25) is 0 Å². The van der Waals surface area contributed by atoms with E-state index in [0.717, 1.165) is 22.3 Å². The summed E-state index contributed by atoms with van der Waals surface area (Å²) in [6.45, 7) is 18.3. The molecule has 0 saturated carbocycles. The van der Waals surface area contributed by atoms with Crippen LogP contribution in [0.5, 0.6) is 11.5 Å². The van der Waals surface area contributed by atoms with E-state index in [0.29, 0.717) is 31.1 Å². The van der Waals surface area contributed by atoms with Gasteiger partial charge in [0.15, 0.2) is 5.60 Å². The highest BCUT2D eigenvalue weighted by molar-refractivity contribution is 5.91. The Hall–Kier alpha value is -3.28. The van der Waals surface area contributed by atoms with Crippen molar-refractivity contribution in [2.75, 3.05) is 13.2 Å². The summed E-state index contributed by atoms with van der Waals surface area (Å²) in [7, 11) is 0. The van der Waals surface area contributed by atoms with Gasteiger partial charge in [0.2, 0.25) is 5.91 Å². The Morgan fingerprint density at radius 1 is 0.919 bits per heavy atom. The van der Waals surface area contributed by atoms with Crippen molar-refractivity contribution >= 4 is 18.0 Å². The van der Waals surface area contributed by atoms with E-state index in [2.05, 4.69) is 46.9 Å². The Morgan fingerprint density at radius 3 is 1.95 bits per heavy atom. The van der Waals surface area contributed by atoms with Crippen molar-refractivity contribution in [3.05, 3.63) is 64.7 Å². The summed E-state index contributed by atoms with van der Waals surface area (Å²) in [4.78, 5) is 24.5. The molecule has 202 valence electrons. The molecule has 37 heavy (non-hydrogen) atoms. The van der Waals surface area contributed by atoms with Crippen LogP contribution < -0.4 is 10.1 Å². The van der Waals surface area contributed by atoms with Crippen LogP contribution in [0.3, 0.4) is 0 Å². The maximum atomic E-state index is 12.5. The number of aromatic hydroxyl groups is 1. The molecule has 0 aliphatic carbocycles. The van der Waals surface area contributed by atoms with Crippen molar-refractivity contribution in [1.29, 1.82) is 0 Å². The number of carbonyl (C=O) groups is 2. The molecule has 0 radical (unpaired) electrons. The summed E-state index contributed by atoms with van der Waals surface area (Å²) in [5.74, 6) is 0.305. The third kappa shape index (κ3) is 8.66. The van der Waals surface area contributed by atoms with Gasteiger partial charge >= 0.3 is 5.97 Å². The van der Waals surface area contributed by atoms with Crippen molar-refractivity contribution in [1.82, 2.24) is 5.32 Å². The van der Waals surface area contributed by atoms with Crippen molar-refractivity contribution in [3.8, 4) is 11.5 Å². The van der Waals surface area contributed by atoms with Gasteiger partial charge in [-0.25, -0.2) is 4.79 Å². The molecule has 0 fully saturated rings. The number of phenolic OH excluding ortho intramolecular Hbond substituents is 1. The van der Waals surface area contributed by atoms with E-state index in [1.54, 1.807) is 26.8 Å². The summed E-state index contributed by atoms with van der Waals surface area (Å²) in [6.07, 6.45) is 3.97. The SMILES string of the molecule is CCOC(=O)C(C)(C)Oc1ccc(CCNC(=O)/C=C/c2cc(C(C)(C)C)c(O)c(C(C)(C)C)c2)cc1. The predicted molar refractivity (Wildman–Crippen MR) is 149 cm³/mol. The molecule has 2 aromatic carbocycles. The molecule has 0 bridgehead atoms. The number of hydrogen-bond donors (Lipinski definition) is 2. The Balaban J connectivity index is 1.99. The van der Waals surface area contributed by atoms with Gasteiger partial charge in [0.25, 0.3) is 0 Å². The van der Waals surface area contributed by atoms with E-state index in [9.17, 15) is 14.7 Å². The van der Waals surface area contributed by atoms with E-state index in [4.69, 9.17) is 9.47 Å². The zero-order chi connectivity index (χ0) is 28.0. The summed E-state index contributed by atoms with van der Waals surface area (Å²) >= 11 is 0. The van der Waals surface area contributed by atoms with Crippen LogP contribution in [0.1, 0.15) is 84.6 Å². The highest BCUT2D eigenvalue weighted by Crippen LogP contribution is 2.40. The second-order valence-corrected chi connectivity index (χ2v) is 11.8. The average molecular weight is 510 g/mol. The van der Waals surface area contributed by atoms with E-state index < -0.39 is 11.6 Å². The molecule has 0 unspecified atom stereocenters. The molecule has 2 rings (SSSR count). The van der Waals surface area contributed by atoms with Crippen LogP contribution in [-0.2, 0) is 31.6 Å². The number of esters is 1. The van der Waals surface area contributed by atoms with Crippen LogP contribution in [0, 0.1) is 0 Å². The highest BCUT2D eigenvalue weighted by Gasteiger charge is 2.31. The lowest BCUT2D eigenvalue weighted by atomic mass is 9.78. The Morgan fingerprint density at radius 2 is 1.46 bits per heavy atom. The van der Waals surface area contributed by atoms with Crippen molar-refractivity contribution in [3.63, 3.8) is 0 Å². The summed E-state index contributed by atoms with van der Waals surface area (Å²) in [5, 5.41) is 13.8. The highest BCUT2D eigenvalue weighted by atomic mass is 16.6. The largest absolute Gasteiger partial charge is 0.507 e. The van der Waals surface area contributed by atoms with Crippen molar-refractivity contribution in [2.45, 2.75) is 85.2 Å². The molecule has 0 spiro atoms. The molecular weight excluding hydrogens is 466 g/mol. The monoisotopic (exact) mass is 509 g/mol. The third-order valence-corrected chi connectivity index (χ3v) is 5.95. The van der Waals surface area contributed by atoms with Gasteiger partial charge in [-0.05, 0) is 79.5 Å². The summed E-state index contributed by atoms with van der Waals surface area (Å²) in [6, 6.07) is 11.3. The molecule has 0 aromatic heterocycles. The number of amides is 1. The Labute approximate surface area is 222 Å². The van der Waals surface area contributed by atoms with Gasteiger partial charge in [-0.2, -0.15) is 0 Å². The number of ether oxygens (including phenoxy) is 2. The lowest BCUT2D eigenvalue weighted by Crippen LogP contribution is -2.39. The fourth-order valence-corrected chi connectivity index (χ4v) is 3.82. The third-order valence-electron chi connectivity index (χ3n) is 5.95. The molecule has 2 aromatic rings. The minimum absolute atomic E-state index is 0.182. The molecule has 0 aliphatic rings. The van der Waals surface area contributed by atoms with E-state index in [-0.39, 0.29) is 16.7 Å². The zero-order valence-corrected chi connectivity index (χ0v) is 23.8. The summed E-state index contributed by atoms with van der Waals surface area (Å²) < 4.78 is 10.8. The molecular formula is C31H43NO5. The second-order valence-electron chi connectivity index (χ2n) is 11.8. The lowest BCUT2D eigenvalue weighted by Gasteiger charge is -2.27. The molecule has 6 nitrogen and oxygen atoms in total. The maximum Gasteiger partial charge on any atom is 0.349 e. The first-order valence-electron chi connectivity index (χ1n) is 12.8. The van der Waals surface area contributed by atoms with Crippen LogP contribution in [0.4, 0.5) is 0 Å². The van der Waals surface area contributed by atoms with E-state index in [1.165, 1.54) is 6.08 Å². The van der Waals surface area contributed by atoms with Crippen LogP contribution in [0.25, 0.3) is 6.08 Å². The minimum atomic E-state index is -1.07. The molecule has 0 aliphatic heterocycles. The molecule has 0 saturated heterocycles. The van der Waals surface area contributed by atoms with Crippen LogP contribution in [-0.4, -0.2) is 35.7 Å². The lowest BCUT2D eigenvalue weighted by molar-refractivity contribution is -0.158. The minimum Gasteiger partial charge on any atom is -0.507 e. The molecule has 1 amide bonds. The average Bonchev–Trinajstić information content (AvgIpc) is 2.78. The van der Waals surface area contributed by atoms with Gasteiger partial charge in [-0.15, -0.1) is 0 Å². The van der Waals surface area contributed by atoms with Gasteiger partial charge in [0.1, 0.15) is 11.5 Å². The first kappa shape index (κ1) is 29.9. The second kappa shape index (κ2) is 11.8. The van der Waals surface area contributed by atoms with Gasteiger partial charge in [0.05, 0.1) is 6.61 Å². The van der Waals surface area contributed by atoms with Gasteiger partial charge in [-0.1, -0.05) is 53.7 Å². The number of benzene rings is 2. The van der Waals surface area contributed by atoms with Crippen LogP contribution >= 0.6 is 0 Å². The van der Waals surface area contributed by atoms with Crippen LogP contribution in [0.15, 0.2) is 42.5 Å². The Kier molecular flexibility index (Phi) is 9.59. The summed E-state index contributed by atoms with van der Waals surface area (Å²) in [5.41, 5.74) is 2.10. The first-order valence-corrected chi connectivity index (χ1v) is 12.8. The first-order chi connectivity index (χ1) is 17.0. The van der Waals surface area contributed by atoms with Crippen molar-refractivity contribution in [2.24, 2.45) is 0 Å². The van der Waals surface area contributed by atoms with Gasteiger partial charge in [-0.3, -0.25) is 4.79 Å². The number of nitrogens with one attached hydrogen (secondary N) is 1. The van der Waals surface area contributed by atoms with Gasteiger partial charge < -0.3 is 19.9 Å². The van der Waals surface area contributed by atoms with Gasteiger partial charge in [0, 0.05) is 23.7 Å². The molecule has 0 atom stereocenters. The van der Waals surface area contributed by atoms with Crippen molar-refractivity contribution < 1.29 is 24.2 Å². The number of carbonyl (C=O) groups excluding carboxylic acids is 2. The maximum absolute atomic E-state index is 12.5. The Bertz CT molecular complexity index is 1080. The predicted octanol–water partition coefficient (Wildman–Crippen LogP) is 6.08. The van der Waals surface area contributed by atoms with E-state index in [1.807, 2.05) is 36.4 Å². The zero-order valence-electron chi connectivity index (χ0n) is 23.8. The van der Waals surface area contributed by atoms with E-state index >= 15 is 0 Å². The topological polar surface area (TPSA) is 84.9 Å². The quantitative estimate of drug-likeness (QED) is 0.316. The smallest absolute Gasteiger partial charge is 0.349 e.